The molecule has 1 saturated carbocycles. The van der Waals surface area contributed by atoms with E-state index in [4.69, 9.17) is 0 Å². The lowest BCUT2D eigenvalue weighted by atomic mass is 9.57. The van der Waals surface area contributed by atoms with Crippen molar-refractivity contribution in [3.8, 4) is 0 Å². The number of anilines is 2. The zero-order valence-electron chi connectivity index (χ0n) is 21.9. The third kappa shape index (κ3) is 2.50. The van der Waals surface area contributed by atoms with E-state index in [1.165, 1.54) is 29.8 Å². The second-order valence-electron chi connectivity index (χ2n) is 12.8. The summed E-state index contributed by atoms with van der Waals surface area (Å²) in [4.78, 5) is 2.70. The van der Waals surface area contributed by atoms with Gasteiger partial charge in [-0.3, -0.25) is 4.90 Å². The molecule has 0 aromatic heterocycles. The lowest BCUT2D eigenvalue weighted by Crippen LogP contribution is -2.59. The molecule has 2 fully saturated rings. The highest BCUT2D eigenvalue weighted by atomic mass is 15.4. The number of para-hydroxylation sites is 2. The van der Waals surface area contributed by atoms with Crippen LogP contribution in [0.5, 0.6) is 0 Å². The Kier molecular flexibility index (Phi) is 4.47. The van der Waals surface area contributed by atoms with Crippen LogP contribution in [0.25, 0.3) is 0 Å². The largest absolute Gasteiger partial charge is 0.381 e. The van der Waals surface area contributed by atoms with Crippen molar-refractivity contribution in [3.05, 3.63) is 71.3 Å². The molecule has 0 spiro atoms. The number of nitrogens with one attached hydrogen (secondary N) is 3. The van der Waals surface area contributed by atoms with Gasteiger partial charge < -0.3 is 16.0 Å². The Bertz CT molecular complexity index is 1220. The Morgan fingerprint density at radius 2 is 1.77 bits per heavy atom. The molecule has 2 aromatic rings. The molecular weight excluding hydrogens is 428 g/mol. The fraction of sp³-hybridized carbons (Fsp3) is 0.548. The highest BCUT2D eigenvalue weighted by Crippen LogP contribution is 2.74. The highest BCUT2D eigenvalue weighted by Gasteiger charge is 2.79. The second kappa shape index (κ2) is 7.14. The van der Waals surface area contributed by atoms with Crippen LogP contribution in [0.2, 0.25) is 0 Å². The predicted molar refractivity (Wildman–Crippen MR) is 145 cm³/mol. The van der Waals surface area contributed by atoms with Gasteiger partial charge in [0, 0.05) is 47.8 Å². The lowest BCUT2D eigenvalue weighted by Gasteiger charge is -2.48. The summed E-state index contributed by atoms with van der Waals surface area (Å²) in [7, 11) is 4.50. The molecule has 4 nitrogen and oxygen atoms in total. The molecule has 3 aliphatic heterocycles. The van der Waals surface area contributed by atoms with Crippen molar-refractivity contribution in [1.82, 2.24) is 10.2 Å². The highest BCUT2D eigenvalue weighted by molar-refractivity contribution is 5.70. The summed E-state index contributed by atoms with van der Waals surface area (Å²) in [6.45, 7) is 9.63. The summed E-state index contributed by atoms with van der Waals surface area (Å²) in [5.41, 5.74) is 7.58. The molecule has 2 aromatic carbocycles. The molecule has 7 rings (SSSR count). The van der Waals surface area contributed by atoms with Gasteiger partial charge in [-0.05, 0) is 74.4 Å². The number of allylic oxidation sites excluding steroid dienone is 1. The van der Waals surface area contributed by atoms with Gasteiger partial charge in [-0.1, -0.05) is 61.9 Å². The third-order valence-corrected chi connectivity index (χ3v) is 10.7. The van der Waals surface area contributed by atoms with E-state index < -0.39 is 0 Å². The average Bonchev–Trinajstić information content (AvgIpc) is 3.49. The summed E-state index contributed by atoms with van der Waals surface area (Å²) in [5.74, 6) is 2.07. The van der Waals surface area contributed by atoms with Gasteiger partial charge >= 0.3 is 0 Å². The first kappa shape index (κ1) is 21.9. The smallest absolute Gasteiger partial charge is 0.108 e. The van der Waals surface area contributed by atoms with Crippen LogP contribution in [0.3, 0.4) is 0 Å². The normalized spacial score (nSPS) is 40.1. The van der Waals surface area contributed by atoms with Crippen molar-refractivity contribution in [2.45, 2.75) is 56.7 Å². The average molecular weight is 469 g/mol. The van der Waals surface area contributed by atoms with Crippen LogP contribution in [0.15, 0.2) is 60.2 Å². The van der Waals surface area contributed by atoms with E-state index in [0.717, 1.165) is 13.1 Å². The molecule has 0 radical (unpaired) electrons. The monoisotopic (exact) mass is 468 g/mol. The van der Waals surface area contributed by atoms with Gasteiger partial charge in [0.15, 0.2) is 0 Å². The van der Waals surface area contributed by atoms with Crippen molar-refractivity contribution in [3.63, 3.8) is 0 Å². The SMILES string of the molecule is CNC[C@H]1c2ccccc2N[C@@H]1[C@H]1[C@H]2[C@H](C=C(C)CC2(C)C)[C@]23Nc4ccccc4[C@]12CCN3C. The number of likely N-dealkylation sites (tertiary alicyclic amines) is 1. The first-order valence-corrected chi connectivity index (χ1v) is 13.6. The Balaban J connectivity index is 1.50. The number of hydrogen-bond donors (Lipinski definition) is 3. The van der Waals surface area contributed by atoms with Gasteiger partial charge in [0.05, 0.1) is 0 Å². The summed E-state index contributed by atoms with van der Waals surface area (Å²) >= 11 is 0. The Labute approximate surface area is 210 Å². The molecule has 0 amide bonds. The number of hydrogen-bond acceptors (Lipinski definition) is 4. The Morgan fingerprint density at radius 3 is 2.57 bits per heavy atom. The van der Waals surface area contributed by atoms with Crippen LogP contribution < -0.4 is 16.0 Å². The van der Waals surface area contributed by atoms with Crippen LogP contribution in [-0.2, 0) is 5.41 Å². The van der Waals surface area contributed by atoms with Gasteiger partial charge in [-0.15, -0.1) is 0 Å². The maximum Gasteiger partial charge on any atom is 0.108 e. The Morgan fingerprint density at radius 1 is 1.03 bits per heavy atom. The standard InChI is InChI=1S/C31H40N4/c1-19-16-23-26(29(2,3)17-19)27(28-21(18-32-4)20-10-6-8-12-24(20)33-28)30-14-15-35(5)31(23,30)34-25-13-9-7-11-22(25)30/h6-13,16,21,23,26-28,32-34H,14-15,17-18H2,1-5H3/t21-,23-,26+,27+,28-,30+,31+/m0/s1. The van der Waals surface area contributed by atoms with Crippen LogP contribution in [0.1, 0.15) is 50.7 Å². The van der Waals surface area contributed by atoms with E-state index in [1.54, 1.807) is 11.1 Å². The van der Waals surface area contributed by atoms with Gasteiger partial charge in [0.2, 0.25) is 0 Å². The molecule has 4 heteroatoms. The summed E-state index contributed by atoms with van der Waals surface area (Å²) < 4.78 is 0. The third-order valence-electron chi connectivity index (χ3n) is 10.7. The van der Waals surface area contributed by atoms with Crippen LogP contribution in [-0.4, -0.2) is 43.8 Å². The number of nitrogens with zero attached hydrogens (tertiary/aromatic N) is 1. The summed E-state index contributed by atoms with van der Waals surface area (Å²) in [6.07, 6.45) is 5.09. The van der Waals surface area contributed by atoms with E-state index >= 15 is 0 Å². The first-order chi connectivity index (χ1) is 16.8. The van der Waals surface area contributed by atoms with E-state index in [9.17, 15) is 0 Å². The minimum absolute atomic E-state index is 0.0639. The van der Waals surface area contributed by atoms with Crippen molar-refractivity contribution in [2.75, 3.05) is 37.8 Å². The van der Waals surface area contributed by atoms with Crippen LogP contribution in [0, 0.1) is 23.2 Å². The zero-order valence-corrected chi connectivity index (χ0v) is 21.9. The molecular formula is C31H40N4. The van der Waals surface area contributed by atoms with Crippen molar-refractivity contribution in [1.29, 1.82) is 0 Å². The van der Waals surface area contributed by atoms with E-state index in [1.807, 2.05) is 0 Å². The maximum absolute atomic E-state index is 4.23. The van der Waals surface area contributed by atoms with Crippen LogP contribution >= 0.6 is 0 Å². The molecule has 7 atom stereocenters. The van der Waals surface area contributed by atoms with Gasteiger partial charge in [-0.2, -0.15) is 0 Å². The molecule has 5 aliphatic rings. The molecule has 1 saturated heterocycles. The van der Waals surface area contributed by atoms with Crippen molar-refractivity contribution < 1.29 is 0 Å². The Hall–Kier alpha value is -2.30. The van der Waals surface area contributed by atoms with E-state index in [0.29, 0.717) is 29.7 Å². The zero-order chi connectivity index (χ0) is 24.2. The lowest BCUT2D eigenvalue weighted by molar-refractivity contribution is 0.0718. The van der Waals surface area contributed by atoms with E-state index in [2.05, 4.69) is 110 Å². The number of fused-ring (bicyclic) bond motifs is 3. The molecule has 35 heavy (non-hydrogen) atoms. The maximum atomic E-state index is 4.23. The quantitative estimate of drug-likeness (QED) is 0.526. The van der Waals surface area contributed by atoms with Crippen molar-refractivity contribution in [2.24, 2.45) is 23.2 Å². The summed E-state index contributed by atoms with van der Waals surface area (Å²) in [6, 6.07) is 18.7. The molecule has 0 unspecified atom stereocenters. The molecule has 0 bridgehead atoms. The van der Waals surface area contributed by atoms with Gasteiger partial charge in [0.25, 0.3) is 0 Å². The minimum atomic E-state index is -0.0639. The molecule has 3 heterocycles. The van der Waals surface area contributed by atoms with Gasteiger partial charge in [0.1, 0.15) is 5.66 Å². The first-order valence-electron chi connectivity index (χ1n) is 13.6. The molecule has 184 valence electrons. The fourth-order valence-corrected chi connectivity index (χ4v) is 9.96. The van der Waals surface area contributed by atoms with E-state index in [-0.39, 0.29) is 16.5 Å². The predicted octanol–water partition coefficient (Wildman–Crippen LogP) is 5.42. The van der Waals surface area contributed by atoms with Gasteiger partial charge in [-0.25, -0.2) is 0 Å². The van der Waals surface area contributed by atoms with Crippen molar-refractivity contribution >= 4 is 11.4 Å². The molecule has 3 N–H and O–H groups in total. The number of benzene rings is 2. The molecule has 2 aliphatic carbocycles. The summed E-state index contributed by atoms with van der Waals surface area (Å²) in [5, 5.41) is 11.9. The fourth-order valence-electron chi connectivity index (χ4n) is 9.96. The van der Waals surface area contributed by atoms with Crippen LogP contribution in [0.4, 0.5) is 11.4 Å². The number of rotatable bonds is 3. The second-order valence-corrected chi connectivity index (χ2v) is 12.8. The topological polar surface area (TPSA) is 39.3 Å². The number of likely N-dealkylation sites (N-methyl/N-ethyl adjacent to an activating group) is 2. The minimum Gasteiger partial charge on any atom is -0.381 e.